The summed E-state index contributed by atoms with van der Waals surface area (Å²) in [5, 5.41) is 13.8. The average molecular weight is 314 g/mol. The number of aryl methyl sites for hydroxylation is 1. The molecule has 1 heterocycles. The molecule has 0 fully saturated rings. The van der Waals surface area contributed by atoms with Crippen molar-refractivity contribution in [3.8, 4) is 17.1 Å². The van der Waals surface area contributed by atoms with Crippen molar-refractivity contribution in [2.24, 2.45) is 0 Å². The van der Waals surface area contributed by atoms with Crippen LogP contribution in [0.4, 0.5) is 0 Å². The lowest BCUT2D eigenvalue weighted by atomic mass is 10.2. The highest BCUT2D eigenvalue weighted by atomic mass is 35.5. The Morgan fingerprint density at radius 3 is 2.55 bits per heavy atom. The lowest BCUT2D eigenvalue weighted by molar-refractivity contribution is 0.0683. The number of carboxylic acids is 1. The van der Waals surface area contributed by atoms with Crippen LogP contribution in [0.15, 0.2) is 48.5 Å². The summed E-state index contributed by atoms with van der Waals surface area (Å²) in [4.78, 5) is 15.3. The van der Waals surface area contributed by atoms with Crippen LogP contribution in [0, 0.1) is 6.92 Å². The maximum absolute atomic E-state index is 11.2. The molecule has 0 spiro atoms. The highest BCUT2D eigenvalue weighted by Gasteiger charge is 2.18. The molecule has 1 N–H and O–H groups in total. The second-order valence-electron chi connectivity index (χ2n) is 4.82. The van der Waals surface area contributed by atoms with E-state index in [0.717, 1.165) is 11.3 Å². The monoisotopic (exact) mass is 313 g/mol. The number of benzene rings is 2. The van der Waals surface area contributed by atoms with Crippen LogP contribution >= 0.6 is 11.6 Å². The Bertz CT molecular complexity index is 841. The predicted molar refractivity (Wildman–Crippen MR) is 83.5 cm³/mol. The summed E-state index contributed by atoms with van der Waals surface area (Å²) in [6.45, 7) is 1.98. The molecule has 0 amide bonds. The first-order chi connectivity index (χ1) is 10.5. The van der Waals surface area contributed by atoms with E-state index in [1.54, 1.807) is 18.2 Å². The fourth-order valence-corrected chi connectivity index (χ4v) is 2.27. The molecule has 0 saturated heterocycles. The van der Waals surface area contributed by atoms with Gasteiger partial charge in [0.2, 0.25) is 0 Å². The number of carboxylic acid groups (broad SMARTS) is 1. The third-order valence-electron chi connectivity index (χ3n) is 3.16. The van der Waals surface area contributed by atoms with Crippen molar-refractivity contribution in [3.05, 3.63) is 64.9 Å². The minimum Gasteiger partial charge on any atom is -0.475 e. The van der Waals surface area contributed by atoms with Crippen LogP contribution < -0.4 is 0 Å². The topological polar surface area (TPSA) is 68.0 Å². The van der Waals surface area contributed by atoms with Crippen molar-refractivity contribution in [1.82, 2.24) is 14.8 Å². The number of hydrogen-bond donors (Lipinski definition) is 1. The lowest BCUT2D eigenvalue weighted by Crippen LogP contribution is -2.02. The van der Waals surface area contributed by atoms with Gasteiger partial charge >= 0.3 is 5.97 Å². The van der Waals surface area contributed by atoms with Crippen LogP contribution in [-0.2, 0) is 0 Å². The molecule has 6 heteroatoms. The molecule has 0 bridgehead atoms. The van der Waals surface area contributed by atoms with Crippen molar-refractivity contribution in [2.75, 3.05) is 0 Å². The van der Waals surface area contributed by atoms with Crippen LogP contribution in [0.25, 0.3) is 17.1 Å². The molecular formula is C16H12ClN3O2. The molecule has 22 heavy (non-hydrogen) atoms. The standard InChI is InChI=1S/C16H12ClN3O2/c1-10-5-7-13(8-6-10)20-15(18-14(19-20)16(21)22)11-3-2-4-12(17)9-11/h2-9H,1H3,(H,21,22). The zero-order valence-electron chi connectivity index (χ0n) is 11.7. The van der Waals surface area contributed by atoms with Gasteiger partial charge in [-0.15, -0.1) is 5.10 Å². The minimum atomic E-state index is -1.17. The molecule has 0 unspecified atom stereocenters. The molecule has 0 atom stereocenters. The molecule has 0 aliphatic carbocycles. The first kappa shape index (κ1) is 14.3. The van der Waals surface area contributed by atoms with Gasteiger partial charge in [0.15, 0.2) is 5.82 Å². The molecule has 3 aromatic rings. The van der Waals surface area contributed by atoms with E-state index >= 15 is 0 Å². The SMILES string of the molecule is Cc1ccc(-n2nc(C(=O)O)nc2-c2cccc(Cl)c2)cc1. The largest absolute Gasteiger partial charge is 0.475 e. The van der Waals surface area contributed by atoms with Gasteiger partial charge in [0, 0.05) is 10.6 Å². The third-order valence-corrected chi connectivity index (χ3v) is 3.39. The first-order valence-electron chi connectivity index (χ1n) is 6.58. The van der Waals surface area contributed by atoms with Gasteiger partial charge in [-0.3, -0.25) is 0 Å². The zero-order valence-corrected chi connectivity index (χ0v) is 12.4. The van der Waals surface area contributed by atoms with E-state index in [2.05, 4.69) is 10.1 Å². The summed E-state index contributed by atoms with van der Waals surface area (Å²) < 4.78 is 1.51. The predicted octanol–water partition coefficient (Wildman–Crippen LogP) is 3.59. The molecule has 5 nitrogen and oxygen atoms in total. The molecular weight excluding hydrogens is 302 g/mol. The summed E-state index contributed by atoms with van der Waals surface area (Å²) in [5.41, 5.74) is 2.54. The van der Waals surface area contributed by atoms with Crippen LogP contribution in [-0.4, -0.2) is 25.8 Å². The minimum absolute atomic E-state index is 0.254. The molecule has 1 aromatic heterocycles. The quantitative estimate of drug-likeness (QED) is 0.802. The third kappa shape index (κ3) is 2.71. The Morgan fingerprint density at radius 2 is 1.91 bits per heavy atom. The number of carbonyl (C=O) groups is 1. The molecule has 0 saturated carbocycles. The van der Waals surface area contributed by atoms with Crippen molar-refractivity contribution in [1.29, 1.82) is 0 Å². The van der Waals surface area contributed by atoms with Crippen LogP contribution in [0.2, 0.25) is 5.02 Å². The summed E-state index contributed by atoms with van der Waals surface area (Å²) in [6.07, 6.45) is 0. The van der Waals surface area contributed by atoms with Gasteiger partial charge in [-0.2, -0.15) is 0 Å². The van der Waals surface area contributed by atoms with E-state index in [9.17, 15) is 4.79 Å². The average Bonchev–Trinajstić information content (AvgIpc) is 2.93. The molecule has 0 aliphatic heterocycles. The maximum Gasteiger partial charge on any atom is 0.375 e. The lowest BCUT2D eigenvalue weighted by Gasteiger charge is -2.06. The molecule has 110 valence electrons. The van der Waals surface area contributed by atoms with Crippen molar-refractivity contribution < 1.29 is 9.90 Å². The smallest absolute Gasteiger partial charge is 0.375 e. The number of halogens is 1. The van der Waals surface area contributed by atoms with E-state index in [0.29, 0.717) is 16.4 Å². The Balaban J connectivity index is 2.20. The van der Waals surface area contributed by atoms with Gasteiger partial charge in [0.25, 0.3) is 5.82 Å². The van der Waals surface area contributed by atoms with Crippen molar-refractivity contribution in [2.45, 2.75) is 6.92 Å². The van der Waals surface area contributed by atoms with E-state index in [1.807, 2.05) is 37.3 Å². The molecule has 2 aromatic carbocycles. The Morgan fingerprint density at radius 1 is 1.18 bits per heavy atom. The fraction of sp³-hybridized carbons (Fsp3) is 0.0625. The molecule has 3 rings (SSSR count). The fourth-order valence-electron chi connectivity index (χ4n) is 2.08. The number of aromatic carboxylic acids is 1. The molecule has 0 radical (unpaired) electrons. The van der Waals surface area contributed by atoms with Crippen LogP contribution in [0.3, 0.4) is 0 Å². The Kier molecular flexibility index (Phi) is 3.65. The van der Waals surface area contributed by atoms with Gasteiger partial charge in [-0.1, -0.05) is 41.4 Å². The van der Waals surface area contributed by atoms with Crippen LogP contribution in [0.5, 0.6) is 0 Å². The van der Waals surface area contributed by atoms with Crippen molar-refractivity contribution in [3.63, 3.8) is 0 Å². The summed E-state index contributed by atoms with van der Waals surface area (Å²) in [7, 11) is 0. The van der Waals surface area contributed by atoms with Crippen LogP contribution in [0.1, 0.15) is 16.2 Å². The number of hydrogen-bond acceptors (Lipinski definition) is 3. The van der Waals surface area contributed by atoms with Gasteiger partial charge in [0.1, 0.15) is 0 Å². The zero-order chi connectivity index (χ0) is 15.7. The van der Waals surface area contributed by atoms with E-state index in [1.165, 1.54) is 4.68 Å². The van der Waals surface area contributed by atoms with E-state index < -0.39 is 5.97 Å². The number of nitrogens with zero attached hydrogens (tertiary/aromatic N) is 3. The summed E-state index contributed by atoms with van der Waals surface area (Å²) in [5.74, 6) is -0.992. The van der Waals surface area contributed by atoms with E-state index in [-0.39, 0.29) is 5.82 Å². The van der Waals surface area contributed by atoms with Gasteiger partial charge in [0.05, 0.1) is 5.69 Å². The summed E-state index contributed by atoms with van der Waals surface area (Å²) in [6, 6.07) is 14.7. The summed E-state index contributed by atoms with van der Waals surface area (Å²) >= 11 is 6.01. The van der Waals surface area contributed by atoms with Crippen molar-refractivity contribution >= 4 is 17.6 Å². The highest BCUT2D eigenvalue weighted by molar-refractivity contribution is 6.30. The normalized spacial score (nSPS) is 10.6. The maximum atomic E-state index is 11.2. The van der Waals surface area contributed by atoms with Gasteiger partial charge in [-0.05, 0) is 31.2 Å². The van der Waals surface area contributed by atoms with E-state index in [4.69, 9.17) is 16.7 Å². The Hall–Kier alpha value is -2.66. The second-order valence-corrected chi connectivity index (χ2v) is 5.26. The second kappa shape index (κ2) is 5.61. The Labute approximate surface area is 131 Å². The highest BCUT2D eigenvalue weighted by Crippen LogP contribution is 2.24. The molecule has 0 aliphatic rings. The number of aromatic nitrogens is 3. The first-order valence-corrected chi connectivity index (χ1v) is 6.96. The number of rotatable bonds is 3. The van der Waals surface area contributed by atoms with Gasteiger partial charge in [-0.25, -0.2) is 14.5 Å². The van der Waals surface area contributed by atoms with Gasteiger partial charge < -0.3 is 5.11 Å².